The van der Waals surface area contributed by atoms with Crippen molar-refractivity contribution in [2.75, 3.05) is 6.54 Å². The van der Waals surface area contributed by atoms with Gasteiger partial charge in [-0.05, 0) is 11.1 Å². The number of rotatable bonds is 4. The van der Waals surface area contributed by atoms with Gasteiger partial charge in [-0.1, -0.05) is 24.3 Å². The predicted octanol–water partition coefficient (Wildman–Crippen LogP) is 0.466. The number of hydrogen-bond donors (Lipinski definition) is 3. The summed E-state index contributed by atoms with van der Waals surface area (Å²) in [5, 5.41) is 14.7. The molecule has 5 heteroatoms. The molecule has 5 nitrogen and oxygen atoms in total. The molecule has 3 N–H and O–H groups in total. The number of fused-ring (bicyclic) bond motifs is 1. The maximum atomic E-state index is 12.3. The normalized spacial score (nSPS) is 18.4. The van der Waals surface area contributed by atoms with E-state index in [2.05, 4.69) is 16.6 Å². The van der Waals surface area contributed by atoms with Crippen molar-refractivity contribution in [3.8, 4) is 12.3 Å². The van der Waals surface area contributed by atoms with Crippen molar-refractivity contribution in [1.82, 2.24) is 10.6 Å². The topological polar surface area (TPSA) is 78.4 Å². The van der Waals surface area contributed by atoms with Crippen molar-refractivity contribution in [2.45, 2.75) is 24.9 Å². The molecule has 0 aromatic heterocycles. The van der Waals surface area contributed by atoms with Crippen molar-refractivity contribution in [1.29, 1.82) is 0 Å². The molecule has 1 heterocycles. The number of aliphatic carboxylic acids is 1. The zero-order chi connectivity index (χ0) is 14.5. The van der Waals surface area contributed by atoms with Crippen molar-refractivity contribution < 1.29 is 14.7 Å². The molecule has 20 heavy (non-hydrogen) atoms. The van der Waals surface area contributed by atoms with E-state index in [0.717, 1.165) is 11.1 Å². The standard InChI is InChI=1S/C15H16N2O3/c1-2-5-13(15(19)20)17-14(18)12-9-16-8-10-6-3-4-7-11(10)12/h1,3-4,6-7,12-13,16H,5,8-9H2,(H,17,18)(H,19,20). The Bertz CT molecular complexity index is 562. The van der Waals surface area contributed by atoms with Gasteiger partial charge in [0.05, 0.1) is 5.92 Å². The molecule has 0 spiro atoms. The first-order valence-electron chi connectivity index (χ1n) is 6.38. The second-order valence-electron chi connectivity index (χ2n) is 4.69. The van der Waals surface area contributed by atoms with Crippen LogP contribution in [0.2, 0.25) is 0 Å². The molecule has 2 atom stereocenters. The summed E-state index contributed by atoms with van der Waals surface area (Å²) < 4.78 is 0. The third kappa shape index (κ3) is 2.98. The Morgan fingerprint density at radius 1 is 1.50 bits per heavy atom. The second kappa shape index (κ2) is 6.22. The summed E-state index contributed by atoms with van der Waals surface area (Å²) in [4.78, 5) is 23.3. The Kier molecular flexibility index (Phi) is 4.38. The highest BCUT2D eigenvalue weighted by Crippen LogP contribution is 2.24. The van der Waals surface area contributed by atoms with Crippen LogP contribution in [0.1, 0.15) is 23.5 Å². The summed E-state index contributed by atoms with van der Waals surface area (Å²) in [5.41, 5.74) is 2.00. The minimum absolute atomic E-state index is 0.0249. The van der Waals surface area contributed by atoms with E-state index in [4.69, 9.17) is 11.5 Å². The van der Waals surface area contributed by atoms with E-state index in [1.165, 1.54) is 0 Å². The zero-order valence-electron chi connectivity index (χ0n) is 10.9. The van der Waals surface area contributed by atoms with Gasteiger partial charge in [0.25, 0.3) is 0 Å². The SMILES string of the molecule is C#CCC(NC(=O)C1CNCc2ccccc21)C(=O)O. The van der Waals surface area contributed by atoms with Crippen LogP contribution in [0.15, 0.2) is 24.3 Å². The van der Waals surface area contributed by atoms with Crippen LogP contribution in [0.4, 0.5) is 0 Å². The molecule has 1 aliphatic heterocycles. The maximum Gasteiger partial charge on any atom is 0.327 e. The number of carboxylic acids is 1. The van der Waals surface area contributed by atoms with Crippen LogP contribution in [-0.4, -0.2) is 29.6 Å². The van der Waals surface area contributed by atoms with Gasteiger partial charge in [-0.2, -0.15) is 0 Å². The lowest BCUT2D eigenvalue weighted by Crippen LogP contribution is -2.46. The molecule has 2 rings (SSSR count). The van der Waals surface area contributed by atoms with Gasteiger partial charge < -0.3 is 15.7 Å². The quantitative estimate of drug-likeness (QED) is 0.696. The average molecular weight is 272 g/mol. The Morgan fingerprint density at radius 3 is 2.95 bits per heavy atom. The van der Waals surface area contributed by atoms with E-state index >= 15 is 0 Å². The molecule has 2 unspecified atom stereocenters. The van der Waals surface area contributed by atoms with Crippen molar-refractivity contribution >= 4 is 11.9 Å². The van der Waals surface area contributed by atoms with Crippen molar-refractivity contribution in [2.24, 2.45) is 0 Å². The molecule has 0 aliphatic carbocycles. The van der Waals surface area contributed by atoms with E-state index in [0.29, 0.717) is 13.1 Å². The molecule has 0 saturated carbocycles. The van der Waals surface area contributed by atoms with Crippen molar-refractivity contribution in [3.05, 3.63) is 35.4 Å². The molecular weight excluding hydrogens is 256 g/mol. The third-order valence-corrected chi connectivity index (χ3v) is 3.35. The van der Waals surface area contributed by atoms with Gasteiger partial charge in [-0.25, -0.2) is 4.79 Å². The molecular formula is C15H16N2O3. The summed E-state index contributed by atoms with van der Waals surface area (Å²) in [6.07, 6.45) is 5.10. The Hall–Kier alpha value is -2.32. The van der Waals surface area contributed by atoms with Crippen LogP contribution in [0.3, 0.4) is 0 Å². The first-order valence-corrected chi connectivity index (χ1v) is 6.38. The average Bonchev–Trinajstić information content (AvgIpc) is 2.46. The fourth-order valence-electron chi connectivity index (χ4n) is 2.32. The Balaban J connectivity index is 2.14. The predicted molar refractivity (Wildman–Crippen MR) is 73.9 cm³/mol. The number of carbonyl (C=O) groups excluding carboxylic acids is 1. The van der Waals surface area contributed by atoms with E-state index in [1.54, 1.807) is 0 Å². The van der Waals surface area contributed by atoms with Crippen LogP contribution in [0.5, 0.6) is 0 Å². The van der Waals surface area contributed by atoms with E-state index < -0.39 is 12.0 Å². The van der Waals surface area contributed by atoms with Gasteiger partial charge >= 0.3 is 5.97 Å². The number of benzene rings is 1. The smallest absolute Gasteiger partial charge is 0.327 e. The van der Waals surface area contributed by atoms with Gasteiger partial charge in [0.1, 0.15) is 6.04 Å². The molecule has 0 fully saturated rings. The molecule has 0 bridgehead atoms. The number of carboxylic acid groups (broad SMARTS) is 1. The van der Waals surface area contributed by atoms with Crippen LogP contribution < -0.4 is 10.6 Å². The number of hydrogen-bond acceptors (Lipinski definition) is 3. The first-order chi connectivity index (χ1) is 9.63. The van der Waals surface area contributed by atoms with Gasteiger partial charge in [-0.15, -0.1) is 12.3 Å². The molecule has 1 aliphatic rings. The largest absolute Gasteiger partial charge is 0.480 e. The lowest BCUT2D eigenvalue weighted by Gasteiger charge is -2.26. The Morgan fingerprint density at radius 2 is 2.25 bits per heavy atom. The van der Waals surface area contributed by atoms with Crippen LogP contribution in [0, 0.1) is 12.3 Å². The summed E-state index contributed by atoms with van der Waals surface area (Å²) in [7, 11) is 0. The molecule has 0 radical (unpaired) electrons. The first kappa shape index (κ1) is 14.1. The van der Waals surface area contributed by atoms with E-state index in [1.807, 2.05) is 24.3 Å². The molecule has 1 aromatic rings. The fourth-order valence-corrected chi connectivity index (χ4v) is 2.32. The van der Waals surface area contributed by atoms with Crippen LogP contribution >= 0.6 is 0 Å². The minimum atomic E-state index is -1.12. The third-order valence-electron chi connectivity index (χ3n) is 3.35. The number of amides is 1. The molecule has 0 saturated heterocycles. The minimum Gasteiger partial charge on any atom is -0.480 e. The fraction of sp³-hybridized carbons (Fsp3) is 0.333. The zero-order valence-corrected chi connectivity index (χ0v) is 10.9. The summed E-state index contributed by atoms with van der Waals surface area (Å²) in [5.74, 6) is 0.446. The van der Waals surface area contributed by atoms with Gasteiger partial charge in [0, 0.05) is 19.5 Å². The van der Waals surface area contributed by atoms with E-state index in [-0.39, 0.29) is 18.2 Å². The van der Waals surface area contributed by atoms with Crippen molar-refractivity contribution in [3.63, 3.8) is 0 Å². The van der Waals surface area contributed by atoms with E-state index in [9.17, 15) is 9.59 Å². The molecule has 1 amide bonds. The highest BCUT2D eigenvalue weighted by Gasteiger charge is 2.29. The van der Waals surface area contributed by atoms with Gasteiger partial charge in [-0.3, -0.25) is 4.79 Å². The molecule has 1 aromatic carbocycles. The number of terminal acetylenes is 1. The lowest BCUT2D eigenvalue weighted by molar-refractivity contribution is -0.141. The molecule has 104 valence electrons. The van der Waals surface area contributed by atoms with Crippen LogP contribution in [0.25, 0.3) is 0 Å². The highest BCUT2D eigenvalue weighted by atomic mass is 16.4. The van der Waals surface area contributed by atoms with Gasteiger partial charge in [0.15, 0.2) is 0 Å². The highest BCUT2D eigenvalue weighted by molar-refractivity contribution is 5.88. The van der Waals surface area contributed by atoms with Crippen LogP contribution in [-0.2, 0) is 16.1 Å². The second-order valence-corrected chi connectivity index (χ2v) is 4.69. The Labute approximate surface area is 117 Å². The van der Waals surface area contributed by atoms with Gasteiger partial charge in [0.2, 0.25) is 5.91 Å². The number of carbonyl (C=O) groups is 2. The number of nitrogens with one attached hydrogen (secondary N) is 2. The summed E-state index contributed by atoms with van der Waals surface area (Å²) >= 11 is 0. The maximum absolute atomic E-state index is 12.3. The summed E-state index contributed by atoms with van der Waals surface area (Å²) in [6, 6.07) is 6.61. The summed E-state index contributed by atoms with van der Waals surface area (Å²) in [6.45, 7) is 1.21. The lowest BCUT2D eigenvalue weighted by atomic mass is 9.90. The monoisotopic (exact) mass is 272 g/mol.